The van der Waals surface area contributed by atoms with Crippen molar-refractivity contribution in [1.82, 2.24) is 0 Å². The second-order valence-corrected chi connectivity index (χ2v) is 4.05. The first-order valence-corrected chi connectivity index (χ1v) is 4.28. The zero-order valence-corrected chi connectivity index (χ0v) is 8.22. The lowest BCUT2D eigenvalue weighted by molar-refractivity contribution is 0.561. The molecule has 0 aliphatic carbocycles. The highest BCUT2D eigenvalue weighted by Crippen LogP contribution is 2.23. The molecule has 1 N–H and O–H groups in total. The van der Waals surface area contributed by atoms with Crippen LogP contribution in [0.4, 0.5) is 5.69 Å². The van der Waals surface area contributed by atoms with Gasteiger partial charge in [0, 0.05) is 5.69 Å². The summed E-state index contributed by atoms with van der Waals surface area (Å²) in [4.78, 5) is 10.0. The van der Waals surface area contributed by atoms with Crippen molar-refractivity contribution < 1.29 is 4.79 Å². The van der Waals surface area contributed by atoms with Gasteiger partial charge < -0.3 is 5.32 Å². The van der Waals surface area contributed by atoms with Crippen LogP contribution in [0.1, 0.15) is 26.3 Å². The van der Waals surface area contributed by atoms with Crippen LogP contribution in [0, 0.1) is 0 Å². The van der Waals surface area contributed by atoms with Crippen molar-refractivity contribution in [3.8, 4) is 0 Å². The normalized spacial score (nSPS) is 11.0. The van der Waals surface area contributed by atoms with Crippen LogP contribution in [-0.2, 0) is 10.2 Å². The third kappa shape index (κ3) is 2.58. The fraction of sp³-hybridized carbons (Fsp3) is 0.364. The maximum absolute atomic E-state index is 10.0. The minimum atomic E-state index is 0.156. The van der Waals surface area contributed by atoms with E-state index in [2.05, 4.69) is 26.1 Å². The van der Waals surface area contributed by atoms with Crippen LogP contribution in [0.5, 0.6) is 0 Å². The van der Waals surface area contributed by atoms with Crippen LogP contribution >= 0.6 is 0 Å². The Balaban J connectivity index is 2.87. The molecule has 0 heterocycles. The first kappa shape index (κ1) is 9.78. The van der Waals surface area contributed by atoms with Gasteiger partial charge in [-0.25, -0.2) is 0 Å². The van der Waals surface area contributed by atoms with Gasteiger partial charge in [0.05, 0.1) is 0 Å². The Morgan fingerprint density at radius 2 is 1.69 bits per heavy atom. The molecule has 0 aromatic heterocycles. The van der Waals surface area contributed by atoms with E-state index in [1.54, 1.807) is 6.41 Å². The molecule has 0 fully saturated rings. The van der Waals surface area contributed by atoms with E-state index < -0.39 is 0 Å². The van der Waals surface area contributed by atoms with Gasteiger partial charge in [-0.3, -0.25) is 4.79 Å². The molecule has 0 unspecified atom stereocenters. The van der Waals surface area contributed by atoms with Gasteiger partial charge in [0.25, 0.3) is 0 Å². The average molecular weight is 176 g/mol. The van der Waals surface area contributed by atoms with Gasteiger partial charge in [0.1, 0.15) is 0 Å². The number of nitrogens with one attached hydrogen (secondary N) is 1. The predicted octanol–water partition coefficient (Wildman–Crippen LogP) is 2.46. The van der Waals surface area contributed by atoms with E-state index >= 15 is 0 Å². The fourth-order valence-corrected chi connectivity index (χ4v) is 1.11. The standard InChI is InChI=1S/C11H14NO/c1-11(2,3)9-4-6-10(7-5-9)12-8-13/h4-7H,1-3H3,(H,12,13). The third-order valence-electron chi connectivity index (χ3n) is 1.95. The molecule has 0 spiro atoms. The summed E-state index contributed by atoms with van der Waals surface area (Å²) in [6.07, 6.45) is 1.64. The predicted molar refractivity (Wildman–Crippen MR) is 54.5 cm³/mol. The summed E-state index contributed by atoms with van der Waals surface area (Å²) < 4.78 is 0. The van der Waals surface area contributed by atoms with Crippen LogP contribution < -0.4 is 5.32 Å². The second kappa shape index (κ2) is 3.60. The molecule has 0 saturated carbocycles. The minimum absolute atomic E-state index is 0.156. The maximum atomic E-state index is 10.0. The highest BCUT2D eigenvalue weighted by Gasteiger charge is 2.12. The van der Waals surface area contributed by atoms with E-state index in [1.165, 1.54) is 5.56 Å². The lowest BCUT2D eigenvalue weighted by Crippen LogP contribution is -2.10. The van der Waals surface area contributed by atoms with Crippen LogP contribution in [0.15, 0.2) is 24.3 Å². The topological polar surface area (TPSA) is 29.1 Å². The molecule has 13 heavy (non-hydrogen) atoms. The number of hydrogen-bond acceptors (Lipinski definition) is 1. The smallest absolute Gasteiger partial charge is 0.314 e. The van der Waals surface area contributed by atoms with Crippen molar-refractivity contribution in [1.29, 1.82) is 0 Å². The van der Waals surface area contributed by atoms with Crippen molar-refractivity contribution in [2.45, 2.75) is 26.2 Å². The largest absolute Gasteiger partial charge is 0.318 e. The Hall–Kier alpha value is -1.31. The molecule has 1 rings (SSSR count). The highest BCUT2D eigenvalue weighted by molar-refractivity contribution is 5.71. The number of benzene rings is 1. The minimum Gasteiger partial charge on any atom is -0.318 e. The van der Waals surface area contributed by atoms with Crippen LogP contribution in [-0.4, -0.2) is 6.41 Å². The lowest BCUT2D eigenvalue weighted by Gasteiger charge is -2.18. The van der Waals surface area contributed by atoms with E-state index in [0.29, 0.717) is 0 Å². The number of amides is 1. The molecular formula is C11H14NO. The summed E-state index contributed by atoms with van der Waals surface area (Å²) in [5.41, 5.74) is 2.19. The quantitative estimate of drug-likeness (QED) is 0.689. The molecule has 2 heteroatoms. The first-order valence-electron chi connectivity index (χ1n) is 4.28. The van der Waals surface area contributed by atoms with Crippen LogP contribution in [0.3, 0.4) is 0 Å². The molecule has 0 saturated heterocycles. The van der Waals surface area contributed by atoms with Crippen LogP contribution in [0.2, 0.25) is 0 Å². The Morgan fingerprint density at radius 1 is 1.15 bits per heavy atom. The summed E-state index contributed by atoms with van der Waals surface area (Å²) in [6.45, 7) is 6.46. The van der Waals surface area contributed by atoms with E-state index in [-0.39, 0.29) is 5.41 Å². The SMILES string of the molecule is CC(C)(C)c1ccc(N[C]=O)cc1. The zero-order chi connectivity index (χ0) is 9.90. The van der Waals surface area contributed by atoms with E-state index in [9.17, 15) is 4.79 Å². The van der Waals surface area contributed by atoms with Gasteiger partial charge >= 0.3 is 6.41 Å². The zero-order valence-electron chi connectivity index (χ0n) is 8.22. The molecule has 0 aliphatic heterocycles. The van der Waals surface area contributed by atoms with Gasteiger partial charge in [-0.2, -0.15) is 0 Å². The summed E-state index contributed by atoms with van der Waals surface area (Å²) in [5, 5.41) is 2.48. The first-order chi connectivity index (χ1) is 6.04. The van der Waals surface area contributed by atoms with E-state index in [1.807, 2.05) is 24.3 Å². The summed E-state index contributed by atoms with van der Waals surface area (Å²) >= 11 is 0. The molecule has 0 atom stereocenters. The highest BCUT2D eigenvalue weighted by atomic mass is 16.1. The average Bonchev–Trinajstić information content (AvgIpc) is 2.04. The lowest BCUT2D eigenvalue weighted by atomic mass is 9.87. The van der Waals surface area contributed by atoms with Gasteiger partial charge in [-0.15, -0.1) is 0 Å². The Labute approximate surface area is 79.0 Å². The van der Waals surface area contributed by atoms with E-state index in [4.69, 9.17) is 0 Å². The molecule has 0 bridgehead atoms. The molecule has 1 aromatic carbocycles. The van der Waals surface area contributed by atoms with Crippen molar-refractivity contribution in [3.05, 3.63) is 29.8 Å². The molecule has 69 valence electrons. The number of rotatable bonds is 2. The molecule has 1 amide bonds. The summed E-state index contributed by atoms with van der Waals surface area (Å²) in [7, 11) is 0. The molecule has 1 aromatic rings. The molecule has 2 nitrogen and oxygen atoms in total. The fourth-order valence-electron chi connectivity index (χ4n) is 1.11. The maximum Gasteiger partial charge on any atom is 0.314 e. The van der Waals surface area contributed by atoms with Crippen molar-refractivity contribution in [2.24, 2.45) is 0 Å². The molecule has 1 radical (unpaired) electrons. The number of carbonyl (C=O) groups excluding carboxylic acids is 1. The van der Waals surface area contributed by atoms with Crippen molar-refractivity contribution in [3.63, 3.8) is 0 Å². The Kier molecular flexibility index (Phi) is 2.71. The number of hydrogen-bond donors (Lipinski definition) is 1. The van der Waals surface area contributed by atoms with Crippen molar-refractivity contribution >= 4 is 12.1 Å². The summed E-state index contributed by atoms with van der Waals surface area (Å²) in [6, 6.07) is 7.79. The monoisotopic (exact) mass is 176 g/mol. The summed E-state index contributed by atoms with van der Waals surface area (Å²) in [5.74, 6) is 0. The van der Waals surface area contributed by atoms with Gasteiger partial charge in [0.15, 0.2) is 0 Å². The van der Waals surface area contributed by atoms with Gasteiger partial charge in [0.2, 0.25) is 0 Å². The molecular weight excluding hydrogens is 162 g/mol. The third-order valence-corrected chi connectivity index (χ3v) is 1.95. The number of anilines is 1. The van der Waals surface area contributed by atoms with Crippen LogP contribution in [0.25, 0.3) is 0 Å². The van der Waals surface area contributed by atoms with Gasteiger partial charge in [-0.05, 0) is 23.1 Å². The van der Waals surface area contributed by atoms with Gasteiger partial charge in [-0.1, -0.05) is 32.9 Å². The Bertz CT molecular complexity index is 282. The Morgan fingerprint density at radius 3 is 2.08 bits per heavy atom. The van der Waals surface area contributed by atoms with Crippen molar-refractivity contribution in [2.75, 3.05) is 5.32 Å². The van der Waals surface area contributed by atoms with E-state index in [0.717, 1.165) is 5.69 Å². The second-order valence-electron chi connectivity index (χ2n) is 4.05. The molecule has 0 aliphatic rings.